The van der Waals surface area contributed by atoms with E-state index in [0.717, 1.165) is 41.0 Å². The fraction of sp³-hybridized carbons (Fsp3) is 0.208. The molecule has 5 rings (SSSR count). The summed E-state index contributed by atoms with van der Waals surface area (Å²) in [5.74, 6) is 0.570. The first-order valence-electron chi connectivity index (χ1n) is 9.79. The van der Waals surface area contributed by atoms with Gasteiger partial charge in [0.05, 0.1) is 16.2 Å². The maximum atomic E-state index is 13.8. The summed E-state index contributed by atoms with van der Waals surface area (Å²) in [6, 6.07) is 21.8. The Morgan fingerprint density at radius 1 is 1.10 bits per heavy atom. The molecule has 2 aliphatic rings. The third-order valence-corrected chi connectivity index (χ3v) is 6.23. The Kier molecular flexibility index (Phi) is 4.63. The molecule has 3 nitrogen and oxygen atoms in total. The van der Waals surface area contributed by atoms with Crippen LogP contribution in [0.15, 0.2) is 76.3 Å². The molecular formula is C24H20BrFN2O. The average molecular weight is 451 g/mol. The van der Waals surface area contributed by atoms with Crippen molar-refractivity contribution >= 4 is 21.6 Å². The van der Waals surface area contributed by atoms with E-state index in [1.165, 1.54) is 11.6 Å². The molecule has 0 amide bonds. The fourth-order valence-corrected chi connectivity index (χ4v) is 4.42. The number of halogens is 2. The highest BCUT2D eigenvalue weighted by molar-refractivity contribution is 9.10. The minimum absolute atomic E-state index is 0.0923. The Bertz CT molecular complexity index is 1100. The first-order chi connectivity index (χ1) is 14.1. The van der Waals surface area contributed by atoms with Crippen LogP contribution in [0.1, 0.15) is 47.9 Å². The van der Waals surface area contributed by atoms with Crippen molar-refractivity contribution in [3.63, 3.8) is 0 Å². The standard InChI is InChI=1S/C24H20BrFN2O/c1-2-15-7-9-16(10-8-15)21-14-22-18-5-3-4-6-23(18)29-24(28(22)27-21)17-11-12-20(26)19(25)13-17/h3-13,22,24H,2,14H2,1H3/t22-,24+/m0/s1. The SMILES string of the molecule is CCc1ccc(C2=NN3[C@@H](c4ccc(F)c(Br)c4)Oc4ccccc4[C@@H]3C2)cc1. The maximum Gasteiger partial charge on any atom is 0.213 e. The molecule has 0 unspecified atom stereocenters. The molecule has 0 aromatic heterocycles. The van der Waals surface area contributed by atoms with Crippen LogP contribution >= 0.6 is 15.9 Å². The van der Waals surface area contributed by atoms with E-state index in [1.807, 2.05) is 23.2 Å². The number of para-hydroxylation sites is 1. The highest BCUT2D eigenvalue weighted by Gasteiger charge is 2.40. The third kappa shape index (κ3) is 3.23. The van der Waals surface area contributed by atoms with E-state index in [-0.39, 0.29) is 11.9 Å². The zero-order valence-corrected chi connectivity index (χ0v) is 17.6. The number of hydrogen-bond acceptors (Lipinski definition) is 3. The van der Waals surface area contributed by atoms with Crippen LogP contribution in [0, 0.1) is 5.82 Å². The summed E-state index contributed by atoms with van der Waals surface area (Å²) in [6.45, 7) is 2.15. The van der Waals surface area contributed by atoms with Crippen LogP contribution in [0.25, 0.3) is 0 Å². The molecule has 0 fully saturated rings. The van der Waals surface area contributed by atoms with Crippen LogP contribution in [0.3, 0.4) is 0 Å². The molecule has 29 heavy (non-hydrogen) atoms. The predicted molar refractivity (Wildman–Crippen MR) is 115 cm³/mol. The lowest BCUT2D eigenvalue weighted by atomic mass is 9.95. The maximum absolute atomic E-state index is 13.8. The minimum Gasteiger partial charge on any atom is -0.464 e. The van der Waals surface area contributed by atoms with Gasteiger partial charge in [0.2, 0.25) is 6.23 Å². The van der Waals surface area contributed by atoms with Gasteiger partial charge in [-0.1, -0.05) is 55.5 Å². The van der Waals surface area contributed by atoms with Gasteiger partial charge in [0.15, 0.2) is 0 Å². The van der Waals surface area contributed by atoms with Gasteiger partial charge in [-0.3, -0.25) is 0 Å². The van der Waals surface area contributed by atoms with Gasteiger partial charge in [-0.25, -0.2) is 9.40 Å². The Balaban J connectivity index is 1.57. The molecule has 0 spiro atoms. The molecule has 2 aliphatic heterocycles. The predicted octanol–water partition coefficient (Wildman–Crippen LogP) is 6.39. The summed E-state index contributed by atoms with van der Waals surface area (Å²) in [5.41, 5.74) is 5.49. The van der Waals surface area contributed by atoms with Gasteiger partial charge >= 0.3 is 0 Å². The zero-order valence-electron chi connectivity index (χ0n) is 16.0. The van der Waals surface area contributed by atoms with Crippen molar-refractivity contribution in [1.29, 1.82) is 0 Å². The third-order valence-electron chi connectivity index (χ3n) is 5.62. The Hall–Kier alpha value is -2.66. The smallest absolute Gasteiger partial charge is 0.213 e. The molecule has 5 heteroatoms. The normalized spacial score (nSPS) is 20.0. The lowest BCUT2D eigenvalue weighted by Crippen LogP contribution is -2.33. The molecule has 0 saturated carbocycles. The van der Waals surface area contributed by atoms with Crippen molar-refractivity contribution in [1.82, 2.24) is 5.01 Å². The van der Waals surface area contributed by atoms with Crippen molar-refractivity contribution in [2.45, 2.75) is 32.0 Å². The Labute approximate surface area is 177 Å². The molecule has 3 aromatic carbocycles. The van der Waals surface area contributed by atoms with Crippen LogP contribution < -0.4 is 4.74 Å². The van der Waals surface area contributed by atoms with Crippen LogP contribution in [-0.4, -0.2) is 10.7 Å². The number of nitrogens with zero attached hydrogens (tertiary/aromatic N) is 2. The molecule has 3 aromatic rings. The number of rotatable bonds is 3. The topological polar surface area (TPSA) is 24.8 Å². The highest BCUT2D eigenvalue weighted by Crippen LogP contribution is 2.47. The van der Waals surface area contributed by atoms with Gasteiger partial charge < -0.3 is 4.74 Å². The molecule has 0 aliphatic carbocycles. The monoisotopic (exact) mass is 450 g/mol. The fourth-order valence-electron chi connectivity index (χ4n) is 4.03. The second-order valence-electron chi connectivity index (χ2n) is 7.38. The first kappa shape index (κ1) is 18.4. The van der Waals surface area contributed by atoms with Crippen LogP contribution in [0.4, 0.5) is 4.39 Å². The van der Waals surface area contributed by atoms with E-state index in [0.29, 0.717) is 4.47 Å². The molecule has 0 radical (unpaired) electrons. The first-order valence-corrected chi connectivity index (χ1v) is 10.6. The van der Waals surface area contributed by atoms with E-state index >= 15 is 0 Å². The summed E-state index contributed by atoms with van der Waals surface area (Å²) in [4.78, 5) is 0. The Morgan fingerprint density at radius 2 is 1.90 bits per heavy atom. The van der Waals surface area contributed by atoms with E-state index in [1.54, 1.807) is 12.1 Å². The molecule has 146 valence electrons. The van der Waals surface area contributed by atoms with Crippen molar-refractivity contribution in [2.24, 2.45) is 5.10 Å². The number of fused-ring (bicyclic) bond motifs is 3. The summed E-state index contributed by atoms with van der Waals surface area (Å²) in [6.07, 6.45) is 1.42. The Morgan fingerprint density at radius 3 is 2.66 bits per heavy atom. The van der Waals surface area contributed by atoms with Gasteiger partial charge in [0.1, 0.15) is 11.6 Å². The quantitative estimate of drug-likeness (QED) is 0.461. The largest absolute Gasteiger partial charge is 0.464 e. The van der Waals surface area contributed by atoms with Gasteiger partial charge in [0, 0.05) is 17.5 Å². The van der Waals surface area contributed by atoms with E-state index in [4.69, 9.17) is 9.84 Å². The number of ether oxygens (including phenoxy) is 1. The number of benzene rings is 3. The number of aryl methyl sites for hydroxylation is 1. The number of hydrazone groups is 1. The molecule has 0 bridgehead atoms. The lowest BCUT2D eigenvalue weighted by molar-refractivity contribution is -0.0191. The van der Waals surface area contributed by atoms with Crippen LogP contribution in [0.5, 0.6) is 5.75 Å². The summed E-state index contributed by atoms with van der Waals surface area (Å²) >= 11 is 3.29. The molecular weight excluding hydrogens is 431 g/mol. The molecule has 2 heterocycles. The van der Waals surface area contributed by atoms with Gasteiger partial charge in [-0.15, -0.1) is 0 Å². The van der Waals surface area contributed by atoms with Gasteiger partial charge in [0.25, 0.3) is 0 Å². The van der Waals surface area contributed by atoms with Crippen LogP contribution in [-0.2, 0) is 6.42 Å². The van der Waals surface area contributed by atoms with Crippen molar-refractivity contribution in [3.8, 4) is 5.75 Å². The van der Waals surface area contributed by atoms with Crippen molar-refractivity contribution < 1.29 is 9.13 Å². The summed E-state index contributed by atoms with van der Waals surface area (Å²) < 4.78 is 20.5. The van der Waals surface area contributed by atoms with Crippen LogP contribution in [0.2, 0.25) is 0 Å². The van der Waals surface area contributed by atoms with Gasteiger partial charge in [-0.05, 0) is 51.7 Å². The van der Waals surface area contributed by atoms with Crippen molar-refractivity contribution in [2.75, 3.05) is 0 Å². The van der Waals surface area contributed by atoms with Crippen molar-refractivity contribution in [3.05, 3.63) is 99.3 Å². The number of hydrogen-bond donors (Lipinski definition) is 0. The van der Waals surface area contributed by atoms with Gasteiger partial charge in [-0.2, -0.15) is 5.10 Å². The second kappa shape index (κ2) is 7.30. The molecule has 2 atom stereocenters. The highest BCUT2D eigenvalue weighted by atomic mass is 79.9. The average Bonchev–Trinajstić information content (AvgIpc) is 3.21. The minimum atomic E-state index is -0.404. The van der Waals surface area contributed by atoms with E-state index in [9.17, 15) is 4.39 Å². The summed E-state index contributed by atoms with van der Waals surface area (Å²) in [5, 5.41) is 6.98. The summed E-state index contributed by atoms with van der Waals surface area (Å²) in [7, 11) is 0. The molecule has 0 saturated heterocycles. The second-order valence-corrected chi connectivity index (χ2v) is 8.23. The van der Waals surface area contributed by atoms with E-state index < -0.39 is 6.23 Å². The molecule has 0 N–H and O–H groups in total. The zero-order chi connectivity index (χ0) is 20.0. The lowest BCUT2D eigenvalue weighted by Gasteiger charge is -2.38. The van der Waals surface area contributed by atoms with E-state index in [2.05, 4.69) is 53.2 Å².